The summed E-state index contributed by atoms with van der Waals surface area (Å²) in [5, 5.41) is 0.230. The molecule has 0 unspecified atom stereocenters. The van der Waals surface area contributed by atoms with Gasteiger partial charge < -0.3 is 0 Å². The molecule has 0 saturated carbocycles. The maximum absolute atomic E-state index is 12.4. The van der Waals surface area contributed by atoms with Crippen LogP contribution in [0.5, 0.6) is 0 Å². The third-order valence-corrected chi connectivity index (χ3v) is 5.58. The van der Waals surface area contributed by atoms with Crippen LogP contribution >= 0.6 is 24.0 Å². The Bertz CT molecular complexity index is 534. The van der Waals surface area contributed by atoms with Crippen molar-refractivity contribution in [1.82, 2.24) is 9.21 Å². The number of halogens is 3. The molecule has 0 bridgehead atoms. The van der Waals surface area contributed by atoms with Crippen LogP contribution in [0.15, 0.2) is 29.2 Å². The highest BCUT2D eigenvalue weighted by molar-refractivity contribution is 7.89. The van der Waals surface area contributed by atoms with Gasteiger partial charge in [-0.05, 0) is 12.1 Å². The van der Waals surface area contributed by atoms with Gasteiger partial charge in [0.25, 0.3) is 0 Å². The Labute approximate surface area is 130 Å². The Hall–Kier alpha value is -0.400. The van der Waals surface area contributed by atoms with E-state index < -0.39 is 16.7 Å². The van der Waals surface area contributed by atoms with Gasteiger partial charge >= 0.3 is 0 Å². The molecule has 0 amide bonds. The van der Waals surface area contributed by atoms with Crippen molar-refractivity contribution in [1.29, 1.82) is 0 Å². The van der Waals surface area contributed by atoms with Crippen molar-refractivity contribution < 1.29 is 12.8 Å². The van der Waals surface area contributed by atoms with Gasteiger partial charge in [-0.25, -0.2) is 12.8 Å². The van der Waals surface area contributed by atoms with Gasteiger partial charge in [-0.3, -0.25) is 4.90 Å². The van der Waals surface area contributed by atoms with Crippen LogP contribution in [0.25, 0.3) is 0 Å². The zero-order chi connectivity index (χ0) is 13.9. The lowest BCUT2D eigenvalue weighted by molar-refractivity contribution is 0.177. The summed E-state index contributed by atoms with van der Waals surface area (Å²) in [6, 6.07) is 6.41. The fraction of sp³-hybridized carbons (Fsp3) is 0.500. The highest BCUT2D eigenvalue weighted by Gasteiger charge is 2.29. The summed E-state index contributed by atoms with van der Waals surface area (Å²) < 4.78 is 38.5. The summed E-state index contributed by atoms with van der Waals surface area (Å²) in [6.45, 7) is 1.79. The number of benzene rings is 1. The van der Waals surface area contributed by atoms with Gasteiger partial charge in [0.2, 0.25) is 10.0 Å². The first-order valence-electron chi connectivity index (χ1n) is 6.08. The normalized spacial score (nSPS) is 17.7. The SMILES string of the molecule is Cl.O=S(=O)(c1ccccc1Cl)N1CCN(CCF)CC1. The van der Waals surface area contributed by atoms with Gasteiger partial charge in [0.1, 0.15) is 11.6 Å². The molecule has 4 nitrogen and oxygen atoms in total. The second-order valence-corrected chi connectivity index (χ2v) is 6.68. The number of piperazine rings is 1. The lowest BCUT2D eigenvalue weighted by Gasteiger charge is -2.33. The molecule has 1 aromatic rings. The lowest BCUT2D eigenvalue weighted by atomic mass is 10.4. The molecule has 2 rings (SSSR count). The average molecular weight is 343 g/mol. The van der Waals surface area contributed by atoms with E-state index in [0.29, 0.717) is 32.7 Å². The fourth-order valence-corrected chi connectivity index (χ4v) is 4.02. The van der Waals surface area contributed by atoms with Gasteiger partial charge in [-0.1, -0.05) is 23.7 Å². The van der Waals surface area contributed by atoms with Crippen molar-refractivity contribution in [3.05, 3.63) is 29.3 Å². The minimum atomic E-state index is -3.55. The number of hydrogen-bond donors (Lipinski definition) is 0. The summed E-state index contributed by atoms with van der Waals surface area (Å²) >= 11 is 5.94. The highest BCUT2D eigenvalue weighted by atomic mass is 35.5. The molecule has 1 aliphatic rings. The number of alkyl halides is 1. The van der Waals surface area contributed by atoms with Gasteiger partial charge in [-0.2, -0.15) is 4.31 Å². The summed E-state index contributed by atoms with van der Waals surface area (Å²) in [5.41, 5.74) is 0. The van der Waals surface area contributed by atoms with Gasteiger partial charge in [-0.15, -0.1) is 12.4 Å². The number of rotatable bonds is 4. The number of nitrogens with zero attached hydrogens (tertiary/aromatic N) is 2. The molecule has 0 N–H and O–H groups in total. The average Bonchev–Trinajstić information content (AvgIpc) is 2.40. The van der Waals surface area contributed by atoms with E-state index in [9.17, 15) is 12.8 Å². The second kappa shape index (κ2) is 7.56. The molecule has 0 atom stereocenters. The van der Waals surface area contributed by atoms with Gasteiger partial charge in [0, 0.05) is 32.7 Å². The van der Waals surface area contributed by atoms with E-state index in [2.05, 4.69) is 0 Å². The first-order valence-corrected chi connectivity index (χ1v) is 7.90. The second-order valence-electron chi connectivity index (χ2n) is 4.37. The Kier molecular flexibility index (Phi) is 6.68. The lowest BCUT2D eigenvalue weighted by Crippen LogP contribution is -2.49. The minimum Gasteiger partial charge on any atom is -0.298 e. The zero-order valence-electron chi connectivity index (χ0n) is 10.8. The Morgan fingerprint density at radius 3 is 2.30 bits per heavy atom. The van der Waals surface area contributed by atoms with Gasteiger partial charge in [0.05, 0.1) is 5.02 Å². The smallest absolute Gasteiger partial charge is 0.244 e. The van der Waals surface area contributed by atoms with Crippen LogP contribution in [0.3, 0.4) is 0 Å². The van der Waals surface area contributed by atoms with E-state index in [0.717, 1.165) is 0 Å². The predicted octanol–water partition coefficient (Wildman–Crippen LogP) is 2.04. The molecule has 1 fully saturated rings. The molecule has 1 aliphatic heterocycles. The largest absolute Gasteiger partial charge is 0.298 e. The van der Waals surface area contributed by atoms with Crippen molar-refractivity contribution in [2.24, 2.45) is 0 Å². The maximum Gasteiger partial charge on any atom is 0.244 e. The third-order valence-electron chi connectivity index (χ3n) is 3.19. The summed E-state index contributed by atoms with van der Waals surface area (Å²) in [4.78, 5) is 2.05. The summed E-state index contributed by atoms with van der Waals surface area (Å²) in [6.07, 6.45) is 0. The maximum atomic E-state index is 12.4. The third kappa shape index (κ3) is 3.83. The van der Waals surface area contributed by atoms with Crippen molar-refractivity contribution in [3.63, 3.8) is 0 Å². The molecular weight excluding hydrogens is 326 g/mol. The molecule has 0 radical (unpaired) electrons. The minimum absolute atomic E-state index is 0. The van der Waals surface area contributed by atoms with Crippen LogP contribution in [0.1, 0.15) is 0 Å². The standard InChI is InChI=1S/C12H16ClFN2O2S.ClH/c13-11-3-1-2-4-12(11)19(17,18)16-9-7-15(6-5-14)8-10-16;/h1-4H,5-10H2;1H. The van der Waals surface area contributed by atoms with Gasteiger partial charge in [0.15, 0.2) is 0 Å². The van der Waals surface area contributed by atoms with Crippen molar-refractivity contribution in [3.8, 4) is 0 Å². The molecule has 0 spiro atoms. The van der Waals surface area contributed by atoms with E-state index in [1.807, 2.05) is 4.90 Å². The molecule has 114 valence electrons. The van der Waals surface area contributed by atoms with Crippen molar-refractivity contribution in [2.75, 3.05) is 39.4 Å². The molecule has 1 heterocycles. The Balaban J connectivity index is 0.00000200. The van der Waals surface area contributed by atoms with Crippen LogP contribution in [0.2, 0.25) is 5.02 Å². The van der Waals surface area contributed by atoms with E-state index in [1.165, 1.54) is 10.4 Å². The summed E-state index contributed by atoms with van der Waals surface area (Å²) in [5.74, 6) is 0. The predicted molar refractivity (Wildman–Crippen MR) is 79.9 cm³/mol. The highest BCUT2D eigenvalue weighted by Crippen LogP contribution is 2.24. The van der Waals surface area contributed by atoms with E-state index in [4.69, 9.17) is 11.6 Å². The van der Waals surface area contributed by atoms with Crippen LogP contribution in [-0.4, -0.2) is 57.0 Å². The molecule has 1 aromatic carbocycles. The molecule has 0 aromatic heterocycles. The Morgan fingerprint density at radius 2 is 1.75 bits per heavy atom. The van der Waals surface area contributed by atoms with Crippen molar-refractivity contribution >= 4 is 34.0 Å². The zero-order valence-corrected chi connectivity index (χ0v) is 13.2. The topological polar surface area (TPSA) is 40.6 Å². The molecule has 0 aliphatic carbocycles. The molecule has 20 heavy (non-hydrogen) atoms. The van der Waals surface area contributed by atoms with E-state index in [-0.39, 0.29) is 22.3 Å². The number of sulfonamides is 1. The van der Waals surface area contributed by atoms with Crippen LogP contribution in [-0.2, 0) is 10.0 Å². The quantitative estimate of drug-likeness (QED) is 0.840. The van der Waals surface area contributed by atoms with Crippen LogP contribution < -0.4 is 0 Å². The van der Waals surface area contributed by atoms with Crippen molar-refractivity contribution in [2.45, 2.75) is 4.90 Å². The summed E-state index contributed by atoms with van der Waals surface area (Å²) in [7, 11) is -3.55. The Morgan fingerprint density at radius 1 is 1.15 bits per heavy atom. The molecule has 1 saturated heterocycles. The molecule has 8 heteroatoms. The first kappa shape index (κ1) is 17.7. The first-order chi connectivity index (χ1) is 9.05. The van der Waals surface area contributed by atoms with Crippen LogP contribution in [0.4, 0.5) is 4.39 Å². The van der Waals surface area contributed by atoms with E-state index in [1.54, 1.807) is 18.2 Å². The molecular formula is C12H17Cl2FN2O2S. The van der Waals surface area contributed by atoms with Crippen LogP contribution in [0, 0.1) is 0 Å². The number of hydrogen-bond acceptors (Lipinski definition) is 3. The monoisotopic (exact) mass is 342 g/mol. The fourth-order valence-electron chi connectivity index (χ4n) is 2.11. The van der Waals surface area contributed by atoms with E-state index >= 15 is 0 Å².